The largest absolute Gasteiger partial charge is 0.496 e. The molecule has 0 aliphatic rings. The molecule has 0 spiro atoms. The first-order chi connectivity index (χ1) is 2.41. The number of rotatable bonds is 2. The van der Waals surface area contributed by atoms with Crippen molar-refractivity contribution >= 4 is 38.2 Å². The summed E-state index contributed by atoms with van der Waals surface area (Å²) in [5.41, 5.74) is 0. The molecule has 1 unspecified atom stereocenters. The fourth-order valence-corrected chi connectivity index (χ4v) is 0.0791. The van der Waals surface area contributed by atoms with E-state index < -0.39 is 15.5 Å². The standard InChI is InChI=1S/CH4O3P.Na/c2-1-4-5-3;/h2,5H,1H2;/q+1;. The zero-order valence-corrected chi connectivity index (χ0v) is 6.47. The summed E-state index contributed by atoms with van der Waals surface area (Å²) in [6, 6.07) is 0. The SMILES string of the molecule is O=[PH+]OCO.[Na]. The Morgan fingerprint density at radius 2 is 2.33 bits per heavy atom. The average Bonchev–Trinajstić information content (AvgIpc) is 1.41. The Kier molecular flexibility index (Phi) is 15.8. The summed E-state index contributed by atoms with van der Waals surface area (Å²) in [4.78, 5) is 0. The van der Waals surface area contributed by atoms with Gasteiger partial charge in [0.2, 0.25) is 0 Å². The fourth-order valence-electron chi connectivity index (χ4n) is 0.0264. The summed E-state index contributed by atoms with van der Waals surface area (Å²) < 4.78 is 13.0. The van der Waals surface area contributed by atoms with Crippen LogP contribution in [0.4, 0.5) is 0 Å². The van der Waals surface area contributed by atoms with Crippen LogP contribution in [0.1, 0.15) is 0 Å². The molecular weight excluding hydrogens is 114 g/mol. The number of aliphatic hydroxyl groups is 1. The third-order valence-electron chi connectivity index (χ3n) is 0.123. The van der Waals surface area contributed by atoms with Gasteiger partial charge in [0.15, 0.2) is 6.79 Å². The summed E-state index contributed by atoms with van der Waals surface area (Å²) in [6.07, 6.45) is 0. The quantitative estimate of drug-likeness (QED) is 0.302. The molecule has 1 radical (unpaired) electrons. The van der Waals surface area contributed by atoms with E-state index in [1.165, 1.54) is 0 Å². The van der Waals surface area contributed by atoms with Gasteiger partial charge in [0.25, 0.3) is 0 Å². The minimum atomic E-state index is -0.842. The molecule has 0 bridgehead atoms. The number of hydrogen-bond donors (Lipinski definition) is 1. The summed E-state index contributed by atoms with van der Waals surface area (Å²) in [6.45, 7) is -0.456. The molecule has 0 amide bonds. The Balaban J connectivity index is 0. The van der Waals surface area contributed by atoms with E-state index in [1.807, 2.05) is 0 Å². The molecule has 0 aromatic carbocycles. The summed E-state index contributed by atoms with van der Waals surface area (Å²) in [7, 11) is -0.842. The van der Waals surface area contributed by atoms with Gasteiger partial charge in [-0.1, -0.05) is 0 Å². The maximum atomic E-state index is 9.18. The van der Waals surface area contributed by atoms with E-state index >= 15 is 0 Å². The van der Waals surface area contributed by atoms with Crippen LogP contribution in [-0.2, 0) is 9.09 Å². The van der Waals surface area contributed by atoms with Crippen LogP contribution in [0.2, 0.25) is 0 Å². The Morgan fingerprint density at radius 3 is 2.33 bits per heavy atom. The Morgan fingerprint density at radius 1 is 1.83 bits per heavy atom. The molecule has 0 fully saturated rings. The van der Waals surface area contributed by atoms with Crippen LogP contribution in [0.3, 0.4) is 0 Å². The molecule has 1 N–H and O–H groups in total. The van der Waals surface area contributed by atoms with E-state index in [1.54, 1.807) is 0 Å². The molecule has 31 valence electrons. The zero-order chi connectivity index (χ0) is 4.12. The minimum absolute atomic E-state index is 0. The second-order valence-corrected chi connectivity index (χ2v) is 0.812. The van der Waals surface area contributed by atoms with Gasteiger partial charge in [0, 0.05) is 29.6 Å². The van der Waals surface area contributed by atoms with Gasteiger partial charge in [-0.25, -0.2) is 0 Å². The fraction of sp³-hybridized carbons (Fsp3) is 1.00. The van der Waals surface area contributed by atoms with E-state index in [9.17, 15) is 4.57 Å². The predicted molar refractivity (Wildman–Crippen MR) is 22.9 cm³/mol. The molecule has 0 saturated heterocycles. The van der Waals surface area contributed by atoms with Gasteiger partial charge in [0.1, 0.15) is 0 Å². The first-order valence-corrected chi connectivity index (χ1v) is 1.83. The second kappa shape index (κ2) is 9.39. The average molecular weight is 118 g/mol. The first kappa shape index (κ1) is 10.1. The molecule has 3 nitrogen and oxygen atoms in total. The van der Waals surface area contributed by atoms with Crippen LogP contribution in [0.5, 0.6) is 0 Å². The van der Waals surface area contributed by atoms with E-state index in [-0.39, 0.29) is 29.6 Å². The summed E-state index contributed by atoms with van der Waals surface area (Å²) in [5.74, 6) is 0. The van der Waals surface area contributed by atoms with Crippen molar-refractivity contribution in [3.05, 3.63) is 0 Å². The zero-order valence-electron chi connectivity index (χ0n) is 3.47. The Labute approximate surface area is 59.3 Å². The topological polar surface area (TPSA) is 46.5 Å². The molecule has 1 atom stereocenters. The first-order valence-electron chi connectivity index (χ1n) is 1.01. The van der Waals surface area contributed by atoms with Gasteiger partial charge in [-0.05, 0) is 4.57 Å². The van der Waals surface area contributed by atoms with E-state index in [2.05, 4.69) is 4.52 Å². The molecule has 0 aliphatic heterocycles. The van der Waals surface area contributed by atoms with Crippen molar-refractivity contribution in [3.8, 4) is 0 Å². The maximum Gasteiger partial charge on any atom is 0.496 e. The summed E-state index contributed by atoms with van der Waals surface area (Å²) >= 11 is 0. The van der Waals surface area contributed by atoms with Crippen molar-refractivity contribution in [2.45, 2.75) is 0 Å². The Hall–Kier alpha value is 1.02. The molecule has 0 aromatic rings. The van der Waals surface area contributed by atoms with E-state index in [0.29, 0.717) is 0 Å². The van der Waals surface area contributed by atoms with Crippen molar-refractivity contribution in [2.75, 3.05) is 6.79 Å². The maximum absolute atomic E-state index is 9.18. The van der Waals surface area contributed by atoms with Gasteiger partial charge in [-0.2, -0.15) is 0 Å². The molecule has 6 heavy (non-hydrogen) atoms. The molecular formula is CH4NaO3P+. The van der Waals surface area contributed by atoms with Crippen LogP contribution in [0.15, 0.2) is 0 Å². The van der Waals surface area contributed by atoms with Crippen LogP contribution in [0, 0.1) is 0 Å². The van der Waals surface area contributed by atoms with Crippen LogP contribution in [-0.4, -0.2) is 41.5 Å². The molecule has 0 heterocycles. The van der Waals surface area contributed by atoms with E-state index in [4.69, 9.17) is 5.11 Å². The van der Waals surface area contributed by atoms with Gasteiger partial charge in [-0.3, -0.25) is 0 Å². The van der Waals surface area contributed by atoms with Crippen molar-refractivity contribution < 1.29 is 14.2 Å². The predicted octanol–water partition coefficient (Wildman–Crippen LogP) is -0.489. The molecule has 0 aromatic heterocycles. The van der Waals surface area contributed by atoms with Crippen molar-refractivity contribution in [2.24, 2.45) is 0 Å². The van der Waals surface area contributed by atoms with Crippen molar-refractivity contribution in [3.63, 3.8) is 0 Å². The Bertz CT molecular complexity index is 32.0. The minimum Gasteiger partial charge on any atom is -0.367 e. The third-order valence-corrected chi connectivity index (χ3v) is 0.370. The van der Waals surface area contributed by atoms with Gasteiger partial charge in [-0.15, -0.1) is 4.52 Å². The van der Waals surface area contributed by atoms with Gasteiger partial charge < -0.3 is 5.11 Å². The molecule has 5 heteroatoms. The van der Waals surface area contributed by atoms with Crippen LogP contribution < -0.4 is 0 Å². The van der Waals surface area contributed by atoms with Gasteiger partial charge >= 0.3 is 8.69 Å². The van der Waals surface area contributed by atoms with Crippen molar-refractivity contribution in [1.29, 1.82) is 0 Å². The van der Waals surface area contributed by atoms with Crippen molar-refractivity contribution in [1.82, 2.24) is 0 Å². The molecule has 0 saturated carbocycles. The molecule has 0 aliphatic carbocycles. The summed E-state index contributed by atoms with van der Waals surface area (Å²) in [5, 5.41) is 7.65. The smallest absolute Gasteiger partial charge is 0.367 e. The van der Waals surface area contributed by atoms with E-state index in [0.717, 1.165) is 0 Å². The van der Waals surface area contributed by atoms with Crippen LogP contribution in [0.25, 0.3) is 0 Å². The normalized spacial score (nSPS) is 7.50. The monoisotopic (exact) mass is 118 g/mol. The number of hydrogen-bond acceptors (Lipinski definition) is 3. The number of aliphatic hydroxyl groups excluding tert-OH is 1. The van der Waals surface area contributed by atoms with Gasteiger partial charge in [0.05, 0.1) is 0 Å². The third kappa shape index (κ3) is 8.89. The second-order valence-electron chi connectivity index (χ2n) is 0.357. The van der Waals surface area contributed by atoms with Crippen LogP contribution >= 0.6 is 8.69 Å². The molecule has 0 rings (SSSR count).